The number of nitriles is 1. The van der Waals surface area contributed by atoms with Crippen molar-refractivity contribution in [1.29, 1.82) is 5.26 Å². The summed E-state index contributed by atoms with van der Waals surface area (Å²) in [6.45, 7) is 1.13. The summed E-state index contributed by atoms with van der Waals surface area (Å²) >= 11 is 0. The lowest BCUT2D eigenvalue weighted by Gasteiger charge is -2.32. The van der Waals surface area contributed by atoms with Crippen LogP contribution in [0.3, 0.4) is 0 Å². The van der Waals surface area contributed by atoms with Gasteiger partial charge in [0, 0.05) is 25.2 Å². The number of likely N-dealkylation sites (tertiary alicyclic amines) is 1. The van der Waals surface area contributed by atoms with Crippen LogP contribution in [-0.4, -0.2) is 35.9 Å². The molecule has 1 aliphatic heterocycles. The second kappa shape index (κ2) is 7.87. The number of rotatable bonds is 4. The molecular weight excluding hydrogens is 346 g/mol. The number of hydrogen-bond acceptors (Lipinski definition) is 5. The van der Waals surface area contributed by atoms with Gasteiger partial charge in [-0.2, -0.15) is 5.26 Å². The Morgan fingerprint density at radius 2 is 1.89 bits per heavy atom. The summed E-state index contributed by atoms with van der Waals surface area (Å²) in [6.07, 6.45) is 1.60. The Labute approximate surface area is 156 Å². The van der Waals surface area contributed by atoms with E-state index in [1.807, 2.05) is 12.1 Å². The van der Waals surface area contributed by atoms with Gasteiger partial charge in [-0.1, -0.05) is 12.1 Å². The Kier molecular flexibility index (Phi) is 5.36. The van der Waals surface area contributed by atoms with Gasteiger partial charge < -0.3 is 9.64 Å². The van der Waals surface area contributed by atoms with E-state index >= 15 is 0 Å². The molecule has 7 heteroatoms. The number of nitrogens with zero attached hydrogens (tertiary/aromatic N) is 3. The lowest BCUT2D eigenvalue weighted by molar-refractivity contribution is -0.384. The van der Waals surface area contributed by atoms with Gasteiger partial charge in [-0.25, -0.2) is 0 Å². The van der Waals surface area contributed by atoms with Gasteiger partial charge in [0.1, 0.15) is 5.75 Å². The predicted molar refractivity (Wildman–Crippen MR) is 98.7 cm³/mol. The summed E-state index contributed by atoms with van der Waals surface area (Å²) in [5, 5.41) is 19.9. The van der Waals surface area contributed by atoms with Crippen LogP contribution in [0.2, 0.25) is 0 Å². The molecule has 3 rings (SSSR count). The van der Waals surface area contributed by atoms with E-state index in [-0.39, 0.29) is 17.2 Å². The van der Waals surface area contributed by atoms with Crippen molar-refractivity contribution in [1.82, 2.24) is 4.90 Å². The topological polar surface area (TPSA) is 96.5 Å². The van der Waals surface area contributed by atoms with Crippen LogP contribution in [0.1, 0.15) is 40.2 Å². The van der Waals surface area contributed by atoms with Crippen LogP contribution in [0.4, 0.5) is 5.69 Å². The first-order valence-corrected chi connectivity index (χ1v) is 8.65. The SMILES string of the molecule is COc1ccc([N+](=O)[O-])cc1C(=O)N1CCC(c2ccc(C#N)cc2)CC1. The van der Waals surface area contributed by atoms with Crippen molar-refractivity contribution in [3.8, 4) is 11.8 Å². The molecule has 7 nitrogen and oxygen atoms in total. The van der Waals surface area contributed by atoms with Crippen LogP contribution in [0.15, 0.2) is 42.5 Å². The van der Waals surface area contributed by atoms with Crippen molar-refractivity contribution in [2.45, 2.75) is 18.8 Å². The van der Waals surface area contributed by atoms with Gasteiger partial charge in [-0.15, -0.1) is 0 Å². The highest BCUT2D eigenvalue weighted by Gasteiger charge is 2.27. The van der Waals surface area contributed by atoms with Crippen molar-refractivity contribution in [2.24, 2.45) is 0 Å². The molecule has 1 fully saturated rings. The Hall–Kier alpha value is -3.40. The van der Waals surface area contributed by atoms with E-state index in [4.69, 9.17) is 10.00 Å². The van der Waals surface area contributed by atoms with Crippen LogP contribution in [0.5, 0.6) is 5.75 Å². The lowest BCUT2D eigenvalue weighted by atomic mass is 9.89. The van der Waals surface area contributed by atoms with Crippen LogP contribution in [0, 0.1) is 21.4 Å². The van der Waals surface area contributed by atoms with Crippen LogP contribution in [0.25, 0.3) is 0 Å². The second-order valence-electron chi connectivity index (χ2n) is 6.44. The maximum atomic E-state index is 12.9. The summed E-state index contributed by atoms with van der Waals surface area (Å²) in [6, 6.07) is 13.7. The molecule has 0 saturated carbocycles. The van der Waals surface area contributed by atoms with E-state index in [0.29, 0.717) is 30.3 Å². The minimum absolute atomic E-state index is 0.133. The van der Waals surface area contributed by atoms with Crippen molar-refractivity contribution in [3.63, 3.8) is 0 Å². The van der Waals surface area contributed by atoms with E-state index in [1.54, 1.807) is 17.0 Å². The quantitative estimate of drug-likeness (QED) is 0.610. The molecule has 0 spiro atoms. The average molecular weight is 365 g/mol. The van der Waals surface area contributed by atoms with Crippen molar-refractivity contribution in [3.05, 3.63) is 69.3 Å². The number of carbonyl (C=O) groups excluding carboxylic acids is 1. The third-order valence-corrected chi connectivity index (χ3v) is 4.92. The molecule has 1 saturated heterocycles. The first-order valence-electron chi connectivity index (χ1n) is 8.65. The Morgan fingerprint density at radius 3 is 2.44 bits per heavy atom. The largest absolute Gasteiger partial charge is 0.496 e. The third-order valence-electron chi connectivity index (χ3n) is 4.92. The molecule has 1 aliphatic rings. The fourth-order valence-corrected chi connectivity index (χ4v) is 3.39. The van der Waals surface area contributed by atoms with Gasteiger partial charge in [-0.3, -0.25) is 14.9 Å². The van der Waals surface area contributed by atoms with Gasteiger partial charge in [0.15, 0.2) is 0 Å². The summed E-state index contributed by atoms with van der Waals surface area (Å²) in [4.78, 5) is 25.1. The maximum absolute atomic E-state index is 12.9. The normalized spacial score (nSPS) is 14.4. The second-order valence-corrected chi connectivity index (χ2v) is 6.44. The zero-order valence-electron chi connectivity index (χ0n) is 14.9. The molecule has 0 N–H and O–H groups in total. The smallest absolute Gasteiger partial charge is 0.270 e. The molecule has 1 heterocycles. The summed E-state index contributed by atoms with van der Waals surface area (Å²) in [5.41, 5.74) is 1.87. The predicted octanol–water partition coefficient (Wildman–Crippen LogP) is 3.49. The molecule has 27 heavy (non-hydrogen) atoms. The van der Waals surface area contributed by atoms with Gasteiger partial charge >= 0.3 is 0 Å². The third kappa shape index (κ3) is 3.90. The molecule has 1 amide bonds. The number of carbonyl (C=O) groups is 1. The molecule has 0 bridgehead atoms. The number of nitro groups is 1. The van der Waals surface area contributed by atoms with E-state index in [9.17, 15) is 14.9 Å². The highest BCUT2D eigenvalue weighted by atomic mass is 16.6. The first-order chi connectivity index (χ1) is 13.0. The van der Waals surface area contributed by atoms with Crippen molar-refractivity contribution < 1.29 is 14.5 Å². The molecule has 2 aromatic carbocycles. The number of benzene rings is 2. The monoisotopic (exact) mass is 365 g/mol. The summed E-state index contributed by atoms with van der Waals surface area (Å²) < 4.78 is 5.21. The van der Waals surface area contributed by atoms with Crippen molar-refractivity contribution >= 4 is 11.6 Å². The molecule has 0 atom stereocenters. The number of methoxy groups -OCH3 is 1. The van der Waals surface area contributed by atoms with E-state index < -0.39 is 4.92 Å². The summed E-state index contributed by atoms with van der Waals surface area (Å²) in [5.74, 6) is 0.405. The Balaban J connectivity index is 1.72. The summed E-state index contributed by atoms with van der Waals surface area (Å²) in [7, 11) is 1.44. The fraction of sp³-hybridized carbons (Fsp3) is 0.300. The van der Waals surface area contributed by atoms with Crippen LogP contribution < -0.4 is 4.74 Å². The van der Waals surface area contributed by atoms with Crippen LogP contribution >= 0.6 is 0 Å². The van der Waals surface area contributed by atoms with Gasteiger partial charge in [-0.05, 0) is 42.5 Å². The molecule has 0 unspecified atom stereocenters. The number of piperidine rings is 1. The van der Waals surface area contributed by atoms with Gasteiger partial charge in [0.05, 0.1) is 29.2 Å². The number of amides is 1. The molecule has 0 aliphatic carbocycles. The molecular formula is C20H19N3O4. The molecule has 138 valence electrons. The number of hydrogen-bond donors (Lipinski definition) is 0. The minimum atomic E-state index is -0.520. The molecule has 0 aromatic heterocycles. The average Bonchev–Trinajstić information content (AvgIpc) is 2.73. The Bertz CT molecular complexity index is 894. The van der Waals surface area contributed by atoms with Crippen LogP contribution in [-0.2, 0) is 0 Å². The zero-order valence-corrected chi connectivity index (χ0v) is 14.9. The van der Waals surface area contributed by atoms with Gasteiger partial charge in [0.2, 0.25) is 0 Å². The highest BCUT2D eigenvalue weighted by molar-refractivity contribution is 5.97. The van der Waals surface area contributed by atoms with Gasteiger partial charge in [0.25, 0.3) is 11.6 Å². The van der Waals surface area contributed by atoms with Crippen molar-refractivity contribution in [2.75, 3.05) is 20.2 Å². The first kappa shape index (κ1) is 18.4. The zero-order chi connectivity index (χ0) is 19.4. The maximum Gasteiger partial charge on any atom is 0.270 e. The number of nitro benzene ring substituents is 1. The highest BCUT2D eigenvalue weighted by Crippen LogP contribution is 2.31. The Morgan fingerprint density at radius 1 is 1.22 bits per heavy atom. The minimum Gasteiger partial charge on any atom is -0.496 e. The number of non-ortho nitro benzene ring substituents is 1. The molecule has 0 radical (unpaired) electrons. The number of ether oxygens (including phenoxy) is 1. The molecule has 2 aromatic rings. The standard InChI is InChI=1S/C20H19N3O4/c1-27-19-7-6-17(23(25)26)12-18(19)20(24)22-10-8-16(9-11-22)15-4-2-14(13-21)3-5-15/h2-7,12,16H,8-11H2,1H3. The van der Waals surface area contributed by atoms with E-state index in [0.717, 1.165) is 18.4 Å². The van der Waals surface area contributed by atoms with E-state index in [1.165, 1.54) is 25.3 Å². The fourth-order valence-electron chi connectivity index (χ4n) is 3.39. The lowest BCUT2D eigenvalue weighted by Crippen LogP contribution is -2.38. The van der Waals surface area contributed by atoms with E-state index in [2.05, 4.69) is 6.07 Å².